The smallest absolute Gasteiger partial charge is 0.142 e. The van der Waals surface area contributed by atoms with E-state index in [4.69, 9.17) is 0 Å². The fourth-order valence-electron chi connectivity index (χ4n) is 1.59. The van der Waals surface area contributed by atoms with Crippen molar-refractivity contribution in [1.29, 1.82) is 0 Å². The highest BCUT2D eigenvalue weighted by Gasteiger charge is 2.16. The Hall–Kier alpha value is -1.84. The van der Waals surface area contributed by atoms with Crippen molar-refractivity contribution in [3.05, 3.63) is 59.2 Å². The Bertz CT molecular complexity index is 553. The molecule has 2 rings (SSSR count). The minimum Gasteiger partial charge on any atom is -0.206 e. The highest BCUT2D eigenvalue weighted by Crippen LogP contribution is 2.29. The third kappa shape index (κ3) is 2.16. The van der Waals surface area contributed by atoms with Crippen molar-refractivity contribution in [2.24, 2.45) is 0 Å². The van der Waals surface area contributed by atoms with Gasteiger partial charge in [-0.3, -0.25) is 0 Å². The number of aryl methyl sites for hydroxylation is 1. The first kappa shape index (κ1) is 11.6. The molecule has 0 fully saturated rings. The molecule has 0 bridgehead atoms. The molecule has 2 aromatic rings. The molecule has 0 aliphatic carbocycles. The van der Waals surface area contributed by atoms with Gasteiger partial charge in [-0.2, -0.15) is 0 Å². The van der Waals surface area contributed by atoms with Gasteiger partial charge in [0.1, 0.15) is 23.3 Å². The second-order valence-electron chi connectivity index (χ2n) is 3.64. The average molecular weight is 239 g/mol. The summed E-state index contributed by atoms with van der Waals surface area (Å²) in [5.74, 6) is -3.81. The maximum atomic E-state index is 13.6. The van der Waals surface area contributed by atoms with E-state index in [1.807, 2.05) is 0 Å². The van der Waals surface area contributed by atoms with Gasteiger partial charge in [-0.25, -0.2) is 17.6 Å². The summed E-state index contributed by atoms with van der Waals surface area (Å²) in [5, 5.41) is 0. The maximum absolute atomic E-state index is 13.6. The Morgan fingerprint density at radius 3 is 2.06 bits per heavy atom. The van der Waals surface area contributed by atoms with Crippen LogP contribution in [0.15, 0.2) is 24.3 Å². The van der Waals surface area contributed by atoms with Gasteiger partial charge in [0, 0.05) is 5.56 Å². The molecule has 1 radical (unpaired) electrons. The van der Waals surface area contributed by atoms with E-state index < -0.39 is 28.8 Å². The SMILES string of the molecule is Cc1cc(F)c(-c2ccc(F)[c]c2F)c(F)c1. The summed E-state index contributed by atoms with van der Waals surface area (Å²) in [4.78, 5) is 0. The van der Waals surface area contributed by atoms with Crippen LogP contribution in [0.3, 0.4) is 0 Å². The number of hydrogen-bond acceptors (Lipinski definition) is 0. The monoisotopic (exact) mass is 239 g/mol. The van der Waals surface area contributed by atoms with Crippen molar-refractivity contribution >= 4 is 0 Å². The van der Waals surface area contributed by atoms with E-state index in [2.05, 4.69) is 0 Å². The molecule has 0 heterocycles. The molecule has 0 saturated heterocycles. The Morgan fingerprint density at radius 1 is 0.941 bits per heavy atom. The van der Waals surface area contributed by atoms with Gasteiger partial charge in [0.05, 0.1) is 11.6 Å². The lowest BCUT2D eigenvalue weighted by molar-refractivity contribution is 0.568. The van der Waals surface area contributed by atoms with Gasteiger partial charge in [0.2, 0.25) is 0 Å². The van der Waals surface area contributed by atoms with E-state index >= 15 is 0 Å². The highest BCUT2D eigenvalue weighted by molar-refractivity contribution is 5.65. The van der Waals surface area contributed by atoms with Crippen LogP contribution in [0.1, 0.15) is 5.56 Å². The van der Waals surface area contributed by atoms with E-state index in [9.17, 15) is 17.6 Å². The van der Waals surface area contributed by atoms with Crippen LogP contribution in [-0.2, 0) is 0 Å². The molecule has 4 heteroatoms. The molecule has 87 valence electrons. The van der Waals surface area contributed by atoms with E-state index in [1.54, 1.807) is 6.07 Å². The molecule has 0 aliphatic heterocycles. The van der Waals surface area contributed by atoms with Crippen LogP contribution in [0.25, 0.3) is 11.1 Å². The third-order valence-electron chi connectivity index (χ3n) is 2.32. The fraction of sp³-hybridized carbons (Fsp3) is 0.0769. The molecule has 0 aromatic heterocycles. The summed E-state index contributed by atoms with van der Waals surface area (Å²) in [6.07, 6.45) is 0. The second kappa shape index (κ2) is 4.20. The summed E-state index contributed by atoms with van der Waals surface area (Å²) < 4.78 is 53.1. The van der Waals surface area contributed by atoms with Crippen LogP contribution >= 0.6 is 0 Å². The molecular weight excluding hydrogens is 232 g/mol. The molecule has 0 unspecified atom stereocenters. The number of benzene rings is 2. The Labute approximate surface area is 95.5 Å². The Kier molecular flexibility index (Phi) is 2.88. The first-order valence-electron chi connectivity index (χ1n) is 4.82. The zero-order chi connectivity index (χ0) is 12.6. The predicted molar refractivity (Wildman–Crippen MR) is 55.3 cm³/mol. The van der Waals surface area contributed by atoms with Crippen molar-refractivity contribution in [1.82, 2.24) is 0 Å². The van der Waals surface area contributed by atoms with E-state index in [-0.39, 0.29) is 5.56 Å². The van der Waals surface area contributed by atoms with Gasteiger partial charge in [-0.1, -0.05) is 0 Å². The molecule has 0 aliphatic rings. The van der Waals surface area contributed by atoms with Crippen molar-refractivity contribution in [2.75, 3.05) is 0 Å². The second-order valence-corrected chi connectivity index (χ2v) is 3.64. The molecule has 0 nitrogen and oxygen atoms in total. The third-order valence-corrected chi connectivity index (χ3v) is 2.32. The van der Waals surface area contributed by atoms with Crippen molar-refractivity contribution in [3.63, 3.8) is 0 Å². The molecule has 0 saturated carbocycles. The van der Waals surface area contributed by atoms with Crippen molar-refractivity contribution in [3.8, 4) is 11.1 Å². The summed E-state index contributed by atoms with van der Waals surface area (Å²) in [5.41, 5.74) is -0.471. The number of rotatable bonds is 1. The zero-order valence-corrected chi connectivity index (χ0v) is 8.82. The normalized spacial score (nSPS) is 10.6. The fourth-order valence-corrected chi connectivity index (χ4v) is 1.59. The van der Waals surface area contributed by atoms with Crippen LogP contribution in [-0.4, -0.2) is 0 Å². The minimum absolute atomic E-state index is 0.346. The number of hydrogen-bond donors (Lipinski definition) is 0. The van der Waals surface area contributed by atoms with E-state index in [0.717, 1.165) is 24.3 Å². The average Bonchev–Trinajstić information content (AvgIpc) is 2.19. The lowest BCUT2D eigenvalue weighted by Crippen LogP contribution is -1.95. The Morgan fingerprint density at radius 2 is 1.53 bits per heavy atom. The Balaban J connectivity index is 2.68. The van der Waals surface area contributed by atoms with E-state index in [0.29, 0.717) is 5.56 Å². The van der Waals surface area contributed by atoms with Crippen LogP contribution < -0.4 is 0 Å². The predicted octanol–water partition coefficient (Wildman–Crippen LogP) is 4.02. The maximum Gasteiger partial charge on any atom is 0.142 e. The summed E-state index contributed by atoms with van der Waals surface area (Å²) in [6, 6.07) is 5.79. The van der Waals surface area contributed by atoms with Gasteiger partial charge in [0.15, 0.2) is 0 Å². The van der Waals surface area contributed by atoms with Crippen molar-refractivity contribution < 1.29 is 17.6 Å². The van der Waals surface area contributed by atoms with Gasteiger partial charge < -0.3 is 0 Å². The minimum atomic E-state index is -1.12. The number of halogens is 4. The van der Waals surface area contributed by atoms with Gasteiger partial charge in [-0.05, 0) is 36.8 Å². The standard InChI is InChI=1S/C13H7F4/c1-7-4-11(16)13(12(17)5-7)9-3-2-8(14)6-10(9)15/h2-5H,1H3. The molecule has 0 amide bonds. The lowest BCUT2D eigenvalue weighted by atomic mass is 10.0. The van der Waals surface area contributed by atoms with Crippen LogP contribution in [0.5, 0.6) is 0 Å². The molecular formula is C13H7F4. The van der Waals surface area contributed by atoms with Gasteiger partial charge >= 0.3 is 0 Å². The largest absolute Gasteiger partial charge is 0.206 e. The summed E-state index contributed by atoms with van der Waals surface area (Å²) >= 11 is 0. The molecule has 0 spiro atoms. The van der Waals surface area contributed by atoms with Crippen LogP contribution in [0.2, 0.25) is 0 Å². The molecule has 2 aromatic carbocycles. The first-order chi connectivity index (χ1) is 7.99. The summed E-state index contributed by atoms with van der Waals surface area (Å²) in [7, 11) is 0. The lowest BCUT2D eigenvalue weighted by Gasteiger charge is -2.07. The molecule has 17 heavy (non-hydrogen) atoms. The molecule has 0 N–H and O–H groups in total. The van der Waals surface area contributed by atoms with Gasteiger partial charge in [-0.15, -0.1) is 0 Å². The molecule has 0 atom stereocenters. The highest BCUT2D eigenvalue weighted by atomic mass is 19.1. The van der Waals surface area contributed by atoms with Gasteiger partial charge in [0.25, 0.3) is 0 Å². The van der Waals surface area contributed by atoms with Crippen LogP contribution in [0.4, 0.5) is 17.6 Å². The van der Waals surface area contributed by atoms with E-state index in [1.165, 1.54) is 6.92 Å². The summed E-state index contributed by atoms with van der Waals surface area (Å²) in [6.45, 7) is 1.52. The quantitative estimate of drug-likeness (QED) is 0.659. The first-order valence-corrected chi connectivity index (χ1v) is 4.82. The van der Waals surface area contributed by atoms with Crippen molar-refractivity contribution in [2.45, 2.75) is 6.92 Å². The zero-order valence-electron chi connectivity index (χ0n) is 8.82. The topological polar surface area (TPSA) is 0 Å². The van der Waals surface area contributed by atoms with Crippen LogP contribution in [0, 0.1) is 36.3 Å².